The van der Waals surface area contributed by atoms with E-state index in [4.69, 9.17) is 9.47 Å². The van der Waals surface area contributed by atoms with Gasteiger partial charge in [0.15, 0.2) is 0 Å². The highest BCUT2D eigenvalue weighted by Gasteiger charge is 1.95. The van der Waals surface area contributed by atoms with Crippen LogP contribution >= 0.6 is 0 Å². The van der Waals surface area contributed by atoms with Gasteiger partial charge in [0.25, 0.3) is 0 Å². The smallest absolute Gasteiger partial charge is 0.216 e. The molecule has 0 saturated heterocycles. The predicted molar refractivity (Wildman–Crippen MR) is 46.2 cm³/mol. The van der Waals surface area contributed by atoms with Crippen molar-refractivity contribution in [3.8, 4) is 5.75 Å². The summed E-state index contributed by atoms with van der Waals surface area (Å²) in [6, 6.07) is 2.85. The Kier molecular flexibility index (Phi) is 4.18. The zero-order valence-electron chi connectivity index (χ0n) is 7.50. The fourth-order valence-electron chi connectivity index (χ4n) is 0.837. The molecule has 72 valence electrons. The number of pyridine rings is 1. The SMILES string of the molecule is CCOCCOc1ccnc(F)c1. The van der Waals surface area contributed by atoms with Crippen molar-refractivity contribution in [1.29, 1.82) is 0 Å². The molecule has 0 amide bonds. The van der Waals surface area contributed by atoms with Gasteiger partial charge >= 0.3 is 0 Å². The van der Waals surface area contributed by atoms with E-state index >= 15 is 0 Å². The van der Waals surface area contributed by atoms with Gasteiger partial charge in [-0.3, -0.25) is 0 Å². The predicted octanol–water partition coefficient (Wildman–Crippen LogP) is 1.64. The molecule has 0 aromatic carbocycles. The molecule has 0 spiro atoms. The van der Waals surface area contributed by atoms with Crippen LogP contribution < -0.4 is 4.74 Å². The van der Waals surface area contributed by atoms with Crippen LogP contribution in [0.2, 0.25) is 0 Å². The maximum Gasteiger partial charge on any atom is 0.216 e. The summed E-state index contributed by atoms with van der Waals surface area (Å²) in [6.45, 7) is 3.51. The molecule has 0 aliphatic carbocycles. The minimum atomic E-state index is -0.533. The summed E-state index contributed by atoms with van der Waals surface area (Å²) in [7, 11) is 0. The molecule has 1 aromatic heterocycles. The largest absolute Gasteiger partial charge is 0.491 e. The summed E-state index contributed by atoms with van der Waals surface area (Å²) in [6.07, 6.45) is 1.37. The van der Waals surface area contributed by atoms with Crippen LogP contribution in [0.15, 0.2) is 18.3 Å². The quantitative estimate of drug-likeness (QED) is 0.516. The van der Waals surface area contributed by atoms with Crippen molar-refractivity contribution in [2.24, 2.45) is 0 Å². The van der Waals surface area contributed by atoms with Crippen LogP contribution in [-0.4, -0.2) is 24.8 Å². The third-order valence-electron chi connectivity index (χ3n) is 1.40. The van der Waals surface area contributed by atoms with E-state index in [2.05, 4.69) is 4.98 Å². The number of nitrogens with zero attached hydrogens (tertiary/aromatic N) is 1. The van der Waals surface area contributed by atoms with E-state index < -0.39 is 5.95 Å². The van der Waals surface area contributed by atoms with E-state index in [9.17, 15) is 4.39 Å². The monoisotopic (exact) mass is 185 g/mol. The van der Waals surface area contributed by atoms with E-state index in [0.717, 1.165) is 0 Å². The van der Waals surface area contributed by atoms with Gasteiger partial charge in [0.2, 0.25) is 5.95 Å². The summed E-state index contributed by atoms with van der Waals surface area (Å²) in [5.74, 6) is -0.0545. The number of ether oxygens (including phenoxy) is 2. The lowest BCUT2D eigenvalue weighted by Gasteiger charge is -2.05. The van der Waals surface area contributed by atoms with Crippen molar-refractivity contribution in [2.75, 3.05) is 19.8 Å². The van der Waals surface area contributed by atoms with E-state index in [-0.39, 0.29) is 0 Å². The van der Waals surface area contributed by atoms with Crippen molar-refractivity contribution in [3.63, 3.8) is 0 Å². The van der Waals surface area contributed by atoms with Crippen molar-refractivity contribution >= 4 is 0 Å². The Morgan fingerprint density at radius 3 is 3.00 bits per heavy atom. The molecule has 0 radical (unpaired) electrons. The molecule has 1 heterocycles. The number of hydrogen-bond donors (Lipinski definition) is 0. The van der Waals surface area contributed by atoms with Crippen LogP contribution in [0.1, 0.15) is 6.92 Å². The third kappa shape index (κ3) is 3.85. The Labute approximate surface area is 76.5 Å². The Morgan fingerprint density at radius 2 is 2.31 bits per heavy atom. The number of aromatic nitrogens is 1. The molecule has 13 heavy (non-hydrogen) atoms. The highest BCUT2D eigenvalue weighted by molar-refractivity contribution is 5.17. The number of halogens is 1. The lowest BCUT2D eigenvalue weighted by molar-refractivity contribution is 0.110. The second-order valence-corrected chi connectivity index (χ2v) is 2.36. The van der Waals surface area contributed by atoms with Gasteiger partial charge in [0.05, 0.1) is 6.61 Å². The Hall–Kier alpha value is -1.16. The van der Waals surface area contributed by atoms with E-state index in [1.54, 1.807) is 6.07 Å². The summed E-state index contributed by atoms with van der Waals surface area (Å²) in [5, 5.41) is 0. The zero-order chi connectivity index (χ0) is 9.52. The Morgan fingerprint density at radius 1 is 1.46 bits per heavy atom. The van der Waals surface area contributed by atoms with Crippen LogP contribution in [0.25, 0.3) is 0 Å². The standard InChI is InChI=1S/C9H12FNO2/c1-2-12-5-6-13-8-3-4-11-9(10)7-8/h3-4,7H,2,5-6H2,1H3. The van der Waals surface area contributed by atoms with Gasteiger partial charge in [0, 0.05) is 18.9 Å². The van der Waals surface area contributed by atoms with Crippen LogP contribution in [0, 0.1) is 5.95 Å². The second kappa shape index (κ2) is 5.48. The lowest BCUT2D eigenvalue weighted by atomic mass is 10.4. The molecule has 3 nitrogen and oxygen atoms in total. The molecule has 4 heteroatoms. The molecule has 0 aliphatic heterocycles. The second-order valence-electron chi connectivity index (χ2n) is 2.36. The maximum absolute atomic E-state index is 12.5. The first-order valence-electron chi connectivity index (χ1n) is 4.15. The van der Waals surface area contributed by atoms with Crippen molar-refractivity contribution in [2.45, 2.75) is 6.92 Å². The van der Waals surface area contributed by atoms with Gasteiger partial charge in [-0.05, 0) is 13.0 Å². The lowest BCUT2D eigenvalue weighted by Crippen LogP contribution is -2.06. The van der Waals surface area contributed by atoms with Gasteiger partial charge in [-0.25, -0.2) is 4.98 Å². The molecule has 0 N–H and O–H groups in total. The third-order valence-corrected chi connectivity index (χ3v) is 1.40. The topological polar surface area (TPSA) is 31.4 Å². The first kappa shape index (κ1) is 9.92. The molecule has 0 bridgehead atoms. The summed E-state index contributed by atoms with van der Waals surface area (Å²) < 4.78 is 22.8. The fraction of sp³-hybridized carbons (Fsp3) is 0.444. The minimum Gasteiger partial charge on any atom is -0.491 e. The average molecular weight is 185 g/mol. The van der Waals surface area contributed by atoms with E-state index in [1.807, 2.05) is 6.92 Å². The first-order chi connectivity index (χ1) is 6.33. The molecule has 1 rings (SSSR count). The summed E-state index contributed by atoms with van der Waals surface area (Å²) in [5.41, 5.74) is 0. The van der Waals surface area contributed by atoms with Crippen LogP contribution in [0.3, 0.4) is 0 Å². The van der Waals surface area contributed by atoms with Gasteiger partial charge in [-0.1, -0.05) is 0 Å². The molecule has 0 saturated carbocycles. The van der Waals surface area contributed by atoms with Crippen molar-refractivity contribution < 1.29 is 13.9 Å². The van der Waals surface area contributed by atoms with Crippen molar-refractivity contribution in [3.05, 3.63) is 24.3 Å². The highest BCUT2D eigenvalue weighted by atomic mass is 19.1. The molecule has 0 aliphatic rings. The first-order valence-corrected chi connectivity index (χ1v) is 4.15. The summed E-state index contributed by atoms with van der Waals surface area (Å²) in [4.78, 5) is 3.41. The van der Waals surface area contributed by atoms with Gasteiger partial charge in [-0.2, -0.15) is 4.39 Å². The van der Waals surface area contributed by atoms with E-state index in [0.29, 0.717) is 25.6 Å². The fourth-order valence-corrected chi connectivity index (χ4v) is 0.837. The molecule has 1 aromatic rings. The Bertz CT molecular complexity index is 255. The normalized spacial score (nSPS) is 10.0. The van der Waals surface area contributed by atoms with Gasteiger partial charge in [0.1, 0.15) is 12.4 Å². The zero-order valence-corrected chi connectivity index (χ0v) is 7.50. The maximum atomic E-state index is 12.5. The summed E-state index contributed by atoms with van der Waals surface area (Å²) >= 11 is 0. The minimum absolute atomic E-state index is 0.428. The number of hydrogen-bond acceptors (Lipinski definition) is 3. The molecular weight excluding hydrogens is 173 g/mol. The van der Waals surface area contributed by atoms with Gasteiger partial charge in [-0.15, -0.1) is 0 Å². The van der Waals surface area contributed by atoms with Crippen molar-refractivity contribution in [1.82, 2.24) is 4.98 Å². The highest BCUT2D eigenvalue weighted by Crippen LogP contribution is 2.09. The molecule has 0 atom stereocenters. The number of rotatable bonds is 5. The van der Waals surface area contributed by atoms with Gasteiger partial charge < -0.3 is 9.47 Å². The van der Waals surface area contributed by atoms with Crippen LogP contribution in [-0.2, 0) is 4.74 Å². The van der Waals surface area contributed by atoms with Crippen LogP contribution in [0.4, 0.5) is 4.39 Å². The Balaban J connectivity index is 2.28. The van der Waals surface area contributed by atoms with E-state index in [1.165, 1.54) is 12.3 Å². The average Bonchev–Trinajstić information content (AvgIpc) is 2.13. The molecule has 0 unspecified atom stereocenters. The molecule has 0 fully saturated rings. The molecular formula is C9H12FNO2. The van der Waals surface area contributed by atoms with Crippen LogP contribution in [0.5, 0.6) is 5.75 Å².